The van der Waals surface area contributed by atoms with Crippen LogP contribution in [0.3, 0.4) is 0 Å². The largest absolute Gasteiger partial charge is 0.481 e. The Balaban J connectivity index is 2.49. The van der Waals surface area contributed by atoms with Crippen molar-refractivity contribution in [1.29, 1.82) is 0 Å². The molecule has 90 valence electrons. The number of hydrogen-bond donors (Lipinski definition) is 2. The minimum absolute atomic E-state index is 0.0281. The number of piperidine rings is 1. The molecule has 1 heterocycles. The summed E-state index contributed by atoms with van der Waals surface area (Å²) in [5.41, 5.74) is 0. The highest BCUT2D eigenvalue weighted by Crippen LogP contribution is 2.22. The number of nitrogens with one attached hydrogen (secondary N) is 1. The van der Waals surface area contributed by atoms with Crippen LogP contribution in [0.2, 0.25) is 0 Å². The van der Waals surface area contributed by atoms with E-state index >= 15 is 0 Å². The Morgan fingerprint density at radius 3 is 2.81 bits per heavy atom. The normalized spacial score (nSPS) is 24.9. The molecular formula is C11H18N2O3. The number of amides is 2. The van der Waals surface area contributed by atoms with Gasteiger partial charge in [-0.05, 0) is 19.8 Å². The summed E-state index contributed by atoms with van der Waals surface area (Å²) in [6.07, 6.45) is 2.67. The molecular weight excluding hydrogens is 208 g/mol. The Morgan fingerprint density at radius 1 is 1.62 bits per heavy atom. The molecule has 1 aliphatic heterocycles. The number of likely N-dealkylation sites (tertiary alicyclic amines) is 1. The Kier molecular flexibility index (Phi) is 4.34. The molecule has 2 atom stereocenters. The summed E-state index contributed by atoms with van der Waals surface area (Å²) >= 11 is 0. The first-order valence-corrected chi connectivity index (χ1v) is 5.44. The molecule has 2 amide bonds. The molecule has 2 N–H and O–H groups in total. The molecule has 1 saturated heterocycles. The van der Waals surface area contributed by atoms with Crippen molar-refractivity contribution < 1.29 is 14.7 Å². The fourth-order valence-corrected chi connectivity index (χ4v) is 1.96. The highest BCUT2D eigenvalue weighted by molar-refractivity contribution is 5.75. The highest BCUT2D eigenvalue weighted by Gasteiger charge is 2.31. The van der Waals surface area contributed by atoms with Crippen LogP contribution >= 0.6 is 0 Å². The number of carbonyl (C=O) groups is 2. The lowest BCUT2D eigenvalue weighted by Gasteiger charge is -2.36. The molecule has 0 aromatic rings. The van der Waals surface area contributed by atoms with Gasteiger partial charge in [0.15, 0.2) is 0 Å². The van der Waals surface area contributed by atoms with Crippen molar-refractivity contribution in [3.8, 4) is 0 Å². The molecule has 5 heteroatoms. The van der Waals surface area contributed by atoms with Gasteiger partial charge in [0.05, 0.1) is 5.92 Å². The Hall–Kier alpha value is -1.52. The van der Waals surface area contributed by atoms with Crippen molar-refractivity contribution in [3.05, 3.63) is 12.7 Å². The quantitative estimate of drug-likeness (QED) is 0.707. The number of hydrogen-bond acceptors (Lipinski definition) is 2. The SMILES string of the molecule is C=CCNC(=O)N1CCC(C(=O)O)CC1C. The van der Waals surface area contributed by atoms with Crippen LogP contribution in [0.25, 0.3) is 0 Å². The number of aliphatic carboxylic acids is 1. The molecule has 0 spiro atoms. The van der Waals surface area contributed by atoms with Gasteiger partial charge in [0.2, 0.25) is 0 Å². The second-order valence-electron chi connectivity index (χ2n) is 4.08. The Labute approximate surface area is 95.1 Å². The van der Waals surface area contributed by atoms with E-state index < -0.39 is 5.97 Å². The van der Waals surface area contributed by atoms with E-state index in [4.69, 9.17) is 5.11 Å². The molecule has 0 aliphatic carbocycles. The molecule has 2 unspecified atom stereocenters. The first-order chi connectivity index (χ1) is 7.56. The topological polar surface area (TPSA) is 69.6 Å². The number of carboxylic acid groups (broad SMARTS) is 1. The van der Waals surface area contributed by atoms with Gasteiger partial charge in [-0.15, -0.1) is 6.58 Å². The van der Waals surface area contributed by atoms with Crippen molar-refractivity contribution >= 4 is 12.0 Å². The lowest BCUT2D eigenvalue weighted by Crippen LogP contribution is -2.50. The van der Waals surface area contributed by atoms with Crippen molar-refractivity contribution in [1.82, 2.24) is 10.2 Å². The summed E-state index contributed by atoms with van der Waals surface area (Å²) in [4.78, 5) is 24.2. The molecule has 5 nitrogen and oxygen atoms in total. The van der Waals surface area contributed by atoms with Gasteiger partial charge in [-0.2, -0.15) is 0 Å². The average molecular weight is 226 g/mol. The number of nitrogens with zero attached hydrogens (tertiary/aromatic N) is 1. The summed E-state index contributed by atoms with van der Waals surface area (Å²) in [7, 11) is 0. The Morgan fingerprint density at radius 2 is 2.31 bits per heavy atom. The van der Waals surface area contributed by atoms with E-state index in [1.165, 1.54) is 0 Å². The van der Waals surface area contributed by atoms with Crippen molar-refractivity contribution in [3.63, 3.8) is 0 Å². The zero-order chi connectivity index (χ0) is 12.1. The second kappa shape index (κ2) is 5.53. The average Bonchev–Trinajstić information content (AvgIpc) is 2.25. The third-order valence-corrected chi connectivity index (χ3v) is 2.88. The smallest absolute Gasteiger partial charge is 0.317 e. The molecule has 1 fully saturated rings. The van der Waals surface area contributed by atoms with Crippen LogP contribution in [0.1, 0.15) is 19.8 Å². The van der Waals surface area contributed by atoms with Crippen molar-refractivity contribution in [2.45, 2.75) is 25.8 Å². The van der Waals surface area contributed by atoms with Gasteiger partial charge in [-0.25, -0.2) is 4.79 Å². The van der Waals surface area contributed by atoms with Crippen LogP contribution < -0.4 is 5.32 Å². The summed E-state index contributed by atoms with van der Waals surface area (Å²) < 4.78 is 0. The van der Waals surface area contributed by atoms with Crippen LogP contribution in [0.15, 0.2) is 12.7 Å². The minimum atomic E-state index is -0.766. The maximum atomic E-state index is 11.7. The van der Waals surface area contributed by atoms with E-state index in [1.807, 2.05) is 6.92 Å². The molecule has 0 bridgehead atoms. The molecule has 16 heavy (non-hydrogen) atoms. The summed E-state index contributed by atoms with van der Waals surface area (Å²) in [5, 5.41) is 11.6. The van der Waals surface area contributed by atoms with Crippen LogP contribution in [0.4, 0.5) is 4.79 Å². The first kappa shape index (κ1) is 12.5. The number of urea groups is 1. The minimum Gasteiger partial charge on any atom is -0.481 e. The summed E-state index contributed by atoms with van der Waals surface area (Å²) in [6.45, 7) is 6.33. The zero-order valence-corrected chi connectivity index (χ0v) is 9.48. The van der Waals surface area contributed by atoms with Gasteiger partial charge in [-0.3, -0.25) is 4.79 Å². The molecule has 0 radical (unpaired) electrons. The first-order valence-electron chi connectivity index (χ1n) is 5.44. The van der Waals surface area contributed by atoms with Gasteiger partial charge in [-0.1, -0.05) is 6.08 Å². The number of rotatable bonds is 3. The van der Waals surface area contributed by atoms with Gasteiger partial charge >= 0.3 is 12.0 Å². The predicted molar refractivity (Wildman–Crippen MR) is 60.1 cm³/mol. The second-order valence-corrected chi connectivity index (χ2v) is 4.08. The van der Waals surface area contributed by atoms with Gasteiger partial charge in [0.1, 0.15) is 0 Å². The maximum Gasteiger partial charge on any atom is 0.317 e. The maximum absolute atomic E-state index is 11.7. The fourth-order valence-electron chi connectivity index (χ4n) is 1.96. The highest BCUT2D eigenvalue weighted by atomic mass is 16.4. The van der Waals surface area contributed by atoms with Gasteiger partial charge in [0, 0.05) is 19.1 Å². The van der Waals surface area contributed by atoms with Crippen LogP contribution in [0, 0.1) is 5.92 Å². The summed E-state index contributed by atoms with van der Waals surface area (Å²) in [5.74, 6) is -1.09. The van der Waals surface area contributed by atoms with E-state index in [0.29, 0.717) is 25.9 Å². The molecule has 0 aromatic carbocycles. The molecule has 0 aromatic heterocycles. The zero-order valence-electron chi connectivity index (χ0n) is 9.48. The van der Waals surface area contributed by atoms with Crippen LogP contribution in [0.5, 0.6) is 0 Å². The van der Waals surface area contributed by atoms with E-state index in [1.54, 1.807) is 11.0 Å². The van der Waals surface area contributed by atoms with Crippen molar-refractivity contribution in [2.75, 3.05) is 13.1 Å². The molecule has 1 aliphatic rings. The third kappa shape index (κ3) is 2.98. The van der Waals surface area contributed by atoms with Crippen molar-refractivity contribution in [2.24, 2.45) is 5.92 Å². The lowest BCUT2D eigenvalue weighted by atomic mass is 9.92. The van der Waals surface area contributed by atoms with Gasteiger partial charge < -0.3 is 15.3 Å². The van der Waals surface area contributed by atoms with E-state index in [2.05, 4.69) is 11.9 Å². The third-order valence-electron chi connectivity index (χ3n) is 2.88. The van der Waals surface area contributed by atoms with Crippen LogP contribution in [-0.4, -0.2) is 41.1 Å². The number of carboxylic acids is 1. The number of carbonyl (C=O) groups excluding carboxylic acids is 1. The van der Waals surface area contributed by atoms with E-state index in [0.717, 1.165) is 0 Å². The lowest BCUT2D eigenvalue weighted by molar-refractivity contribution is -0.143. The molecule has 1 rings (SSSR count). The monoisotopic (exact) mass is 226 g/mol. The van der Waals surface area contributed by atoms with E-state index in [9.17, 15) is 9.59 Å². The Bertz CT molecular complexity index is 291. The molecule has 0 saturated carbocycles. The predicted octanol–water partition coefficient (Wildman–Crippen LogP) is 1.07. The fraction of sp³-hybridized carbons (Fsp3) is 0.636. The van der Waals surface area contributed by atoms with Crippen LogP contribution in [-0.2, 0) is 4.79 Å². The van der Waals surface area contributed by atoms with Gasteiger partial charge in [0.25, 0.3) is 0 Å². The summed E-state index contributed by atoms with van der Waals surface area (Å²) in [6, 6.07) is -0.170. The standard InChI is InChI=1S/C11H18N2O3/c1-3-5-12-11(16)13-6-4-9(10(14)15)7-8(13)2/h3,8-9H,1,4-7H2,2H3,(H,12,16)(H,14,15). The van der Waals surface area contributed by atoms with E-state index in [-0.39, 0.29) is 18.0 Å².